The van der Waals surface area contributed by atoms with Crippen LogP contribution in [0.25, 0.3) is 11.0 Å². The summed E-state index contributed by atoms with van der Waals surface area (Å²) in [5.41, 5.74) is -4.91. The van der Waals surface area contributed by atoms with Crippen molar-refractivity contribution in [3.8, 4) is 5.75 Å². The van der Waals surface area contributed by atoms with Gasteiger partial charge in [0.1, 0.15) is 17.4 Å². The maximum absolute atomic E-state index is 13.2. The lowest BCUT2D eigenvalue weighted by Crippen LogP contribution is -2.43. The second-order valence-corrected chi connectivity index (χ2v) is 7.50. The summed E-state index contributed by atoms with van der Waals surface area (Å²) >= 11 is 0. The van der Waals surface area contributed by atoms with Crippen LogP contribution in [0, 0.1) is 0 Å². The molecule has 192 valence electrons. The van der Waals surface area contributed by atoms with Crippen LogP contribution in [0.3, 0.4) is 0 Å². The van der Waals surface area contributed by atoms with Gasteiger partial charge in [0.2, 0.25) is 0 Å². The summed E-state index contributed by atoms with van der Waals surface area (Å²) in [5.74, 6) is -2.09. The molecule has 3 rings (SSSR count). The van der Waals surface area contributed by atoms with E-state index in [0.29, 0.717) is 11.1 Å². The Labute approximate surface area is 198 Å². The molecule has 0 aliphatic heterocycles. The van der Waals surface area contributed by atoms with Crippen molar-refractivity contribution in [2.75, 3.05) is 14.2 Å². The van der Waals surface area contributed by atoms with Crippen molar-refractivity contribution < 1.29 is 49.8 Å². The highest BCUT2D eigenvalue weighted by molar-refractivity contribution is 5.97. The molecule has 2 aromatic carbocycles. The van der Waals surface area contributed by atoms with Gasteiger partial charge in [-0.2, -0.15) is 26.3 Å². The monoisotopic (exact) mass is 517 g/mol. The lowest BCUT2D eigenvalue weighted by molar-refractivity contribution is -0.144. The van der Waals surface area contributed by atoms with Gasteiger partial charge in [-0.3, -0.25) is 4.79 Å². The highest BCUT2D eigenvalue weighted by Gasteiger charge is 2.38. The van der Waals surface area contributed by atoms with Crippen LogP contribution in [0.5, 0.6) is 5.75 Å². The Balaban J connectivity index is 2.00. The van der Waals surface area contributed by atoms with Crippen LogP contribution >= 0.6 is 0 Å². The zero-order valence-electron chi connectivity index (χ0n) is 18.5. The molecule has 0 saturated heterocycles. The number of hydrogen-bond donors (Lipinski definition) is 1. The molecule has 0 aliphatic rings. The minimum Gasteiger partial charge on any atom is -0.497 e. The van der Waals surface area contributed by atoms with E-state index in [1.165, 1.54) is 25.3 Å². The van der Waals surface area contributed by atoms with Crippen molar-refractivity contribution in [1.29, 1.82) is 0 Å². The van der Waals surface area contributed by atoms with Crippen molar-refractivity contribution in [3.05, 3.63) is 75.1 Å². The quantitative estimate of drug-likeness (QED) is 0.297. The van der Waals surface area contributed by atoms with Gasteiger partial charge in [0.05, 0.1) is 25.3 Å². The number of rotatable bonds is 6. The molecule has 1 heterocycles. The molecule has 1 N–H and O–H groups in total. The van der Waals surface area contributed by atoms with Crippen LogP contribution < -0.4 is 15.7 Å². The Morgan fingerprint density at radius 3 is 2.08 bits per heavy atom. The van der Waals surface area contributed by atoms with Gasteiger partial charge >= 0.3 is 23.9 Å². The molecule has 1 atom stereocenters. The number of carbonyl (C=O) groups is 2. The van der Waals surface area contributed by atoms with Crippen LogP contribution in [-0.4, -0.2) is 32.1 Å². The van der Waals surface area contributed by atoms with Crippen LogP contribution in [0.1, 0.15) is 27.0 Å². The lowest BCUT2D eigenvalue weighted by atomic mass is 10.0. The molecular weight excluding hydrogens is 500 g/mol. The Morgan fingerprint density at radius 1 is 0.944 bits per heavy atom. The predicted octanol–water partition coefficient (Wildman–Crippen LogP) is 4.35. The second kappa shape index (κ2) is 9.91. The predicted molar refractivity (Wildman–Crippen MR) is 112 cm³/mol. The van der Waals surface area contributed by atoms with E-state index in [1.807, 2.05) is 0 Å². The van der Waals surface area contributed by atoms with Gasteiger partial charge in [0.25, 0.3) is 5.91 Å². The minimum atomic E-state index is -5.17. The van der Waals surface area contributed by atoms with Crippen LogP contribution in [0.2, 0.25) is 0 Å². The number of alkyl halides is 6. The Bertz CT molecular complexity index is 1330. The van der Waals surface area contributed by atoms with E-state index in [2.05, 4.69) is 10.1 Å². The summed E-state index contributed by atoms with van der Waals surface area (Å²) in [6.45, 7) is 0. The van der Waals surface area contributed by atoms with E-state index in [-0.39, 0.29) is 29.3 Å². The largest absolute Gasteiger partial charge is 0.497 e. The van der Waals surface area contributed by atoms with Gasteiger partial charge in [0, 0.05) is 29.5 Å². The molecule has 0 radical (unpaired) electrons. The Morgan fingerprint density at radius 2 is 1.56 bits per heavy atom. The molecular formula is C23H17F6NO6. The first-order valence-corrected chi connectivity index (χ1v) is 10.0. The molecule has 1 amide bonds. The first kappa shape index (κ1) is 26.6. The lowest BCUT2D eigenvalue weighted by Gasteiger charge is -2.19. The smallest absolute Gasteiger partial charge is 0.416 e. The average Bonchev–Trinajstić information content (AvgIpc) is 2.80. The normalized spacial score (nSPS) is 12.8. The fourth-order valence-electron chi connectivity index (χ4n) is 3.39. The molecule has 0 bridgehead atoms. The van der Waals surface area contributed by atoms with E-state index in [9.17, 15) is 40.7 Å². The first-order chi connectivity index (χ1) is 16.7. The van der Waals surface area contributed by atoms with Crippen molar-refractivity contribution in [2.45, 2.75) is 24.8 Å². The molecule has 0 spiro atoms. The number of halogens is 6. The summed E-state index contributed by atoms with van der Waals surface area (Å²) in [6.07, 6.45) is -10.7. The molecule has 0 saturated carbocycles. The molecule has 3 aromatic rings. The molecule has 0 aliphatic carbocycles. The maximum Gasteiger partial charge on any atom is 0.416 e. The number of ether oxygens (including phenoxy) is 2. The second-order valence-electron chi connectivity index (χ2n) is 7.50. The van der Waals surface area contributed by atoms with Gasteiger partial charge in [-0.05, 0) is 35.9 Å². The third-order valence-electron chi connectivity index (χ3n) is 5.10. The third-order valence-corrected chi connectivity index (χ3v) is 5.10. The number of carbonyl (C=O) groups excluding carboxylic acids is 2. The van der Waals surface area contributed by atoms with Crippen LogP contribution in [0.15, 0.2) is 51.7 Å². The SMILES string of the molecule is COC(=O)[C@H](Cc1cc(=O)oc2cc(OC)ccc12)NC(=O)c1cc(C(F)(F)F)cc(C(F)(F)F)c1. The molecule has 0 fully saturated rings. The number of benzene rings is 2. The van der Waals surface area contributed by atoms with E-state index >= 15 is 0 Å². The van der Waals surface area contributed by atoms with E-state index < -0.39 is 59.0 Å². The van der Waals surface area contributed by atoms with Gasteiger partial charge in [-0.1, -0.05) is 0 Å². The average molecular weight is 517 g/mol. The highest BCUT2D eigenvalue weighted by atomic mass is 19.4. The Kier molecular flexibility index (Phi) is 7.32. The zero-order valence-corrected chi connectivity index (χ0v) is 18.5. The number of amides is 1. The van der Waals surface area contributed by atoms with E-state index in [1.54, 1.807) is 0 Å². The fraction of sp³-hybridized carbons (Fsp3) is 0.261. The minimum absolute atomic E-state index is 0.0829. The summed E-state index contributed by atoms with van der Waals surface area (Å²) in [6, 6.07) is 4.23. The maximum atomic E-state index is 13.2. The number of fused-ring (bicyclic) bond motifs is 1. The topological polar surface area (TPSA) is 94.8 Å². The number of nitrogens with one attached hydrogen (secondary N) is 1. The van der Waals surface area contributed by atoms with E-state index in [4.69, 9.17) is 9.15 Å². The standard InChI is InChI=1S/C23H17F6NO6/c1-34-15-3-4-16-11(8-19(31)36-18(16)10-15)7-17(21(33)35-2)30-20(32)12-5-13(22(24,25)26)9-14(6-12)23(27,28)29/h3-6,8-10,17H,7H2,1-2H3,(H,30,32)/t17-/m0/s1. The van der Waals surface area contributed by atoms with Crippen LogP contribution in [0.4, 0.5) is 26.3 Å². The zero-order chi connectivity index (χ0) is 26.8. The van der Waals surface area contributed by atoms with Gasteiger partial charge in [0.15, 0.2) is 0 Å². The van der Waals surface area contributed by atoms with E-state index in [0.717, 1.165) is 13.2 Å². The van der Waals surface area contributed by atoms with Gasteiger partial charge < -0.3 is 19.2 Å². The van der Waals surface area contributed by atoms with Crippen LogP contribution in [-0.2, 0) is 28.3 Å². The molecule has 13 heteroatoms. The summed E-state index contributed by atoms with van der Waals surface area (Å²) in [4.78, 5) is 37.0. The summed E-state index contributed by atoms with van der Waals surface area (Å²) in [5, 5.41) is 2.44. The number of hydrogen-bond acceptors (Lipinski definition) is 6. The van der Waals surface area contributed by atoms with Crippen molar-refractivity contribution >= 4 is 22.8 Å². The molecule has 36 heavy (non-hydrogen) atoms. The number of esters is 1. The third kappa shape index (κ3) is 5.96. The van der Waals surface area contributed by atoms with Gasteiger partial charge in [-0.25, -0.2) is 9.59 Å². The fourth-order valence-corrected chi connectivity index (χ4v) is 3.39. The first-order valence-electron chi connectivity index (χ1n) is 10.0. The molecule has 0 unspecified atom stereocenters. The van der Waals surface area contributed by atoms with Gasteiger partial charge in [-0.15, -0.1) is 0 Å². The molecule has 7 nitrogen and oxygen atoms in total. The van der Waals surface area contributed by atoms with Crippen molar-refractivity contribution in [1.82, 2.24) is 5.32 Å². The van der Waals surface area contributed by atoms with Crippen molar-refractivity contribution in [3.63, 3.8) is 0 Å². The summed E-state index contributed by atoms with van der Waals surface area (Å²) in [7, 11) is 2.35. The Hall–Kier alpha value is -4.03. The number of methoxy groups -OCH3 is 2. The molecule has 1 aromatic heterocycles. The summed E-state index contributed by atoms with van der Waals surface area (Å²) < 4.78 is 93.7. The van der Waals surface area contributed by atoms with Crippen molar-refractivity contribution in [2.24, 2.45) is 0 Å². The highest BCUT2D eigenvalue weighted by Crippen LogP contribution is 2.36.